The highest BCUT2D eigenvalue weighted by Gasteiger charge is 2.28. The Labute approximate surface area is 142 Å². The van der Waals surface area contributed by atoms with Crippen molar-refractivity contribution in [2.24, 2.45) is 0 Å². The third-order valence-electron chi connectivity index (χ3n) is 3.79. The molecule has 0 aliphatic carbocycles. The van der Waals surface area contributed by atoms with Crippen LogP contribution in [0.15, 0.2) is 36.7 Å². The molecule has 0 unspecified atom stereocenters. The Morgan fingerprint density at radius 2 is 1.83 bits per heavy atom. The zero-order valence-electron chi connectivity index (χ0n) is 12.6. The van der Waals surface area contributed by atoms with Gasteiger partial charge in [-0.3, -0.25) is 14.9 Å². The van der Waals surface area contributed by atoms with Gasteiger partial charge in [-0.15, -0.1) is 0 Å². The Morgan fingerprint density at radius 3 is 2.46 bits per heavy atom. The first-order valence-electron chi connectivity index (χ1n) is 7.31. The molecule has 1 fully saturated rings. The molecule has 0 bridgehead atoms. The minimum absolute atomic E-state index is 0.0110. The molecule has 3 rings (SSSR count). The van der Waals surface area contributed by atoms with E-state index in [0.717, 1.165) is 0 Å². The first kappa shape index (κ1) is 16.1. The molecule has 2 aromatic rings. The Balaban J connectivity index is 1.74. The fourth-order valence-electron chi connectivity index (χ4n) is 2.57. The number of halogens is 1. The lowest BCUT2D eigenvalue weighted by molar-refractivity contribution is -0.385. The Morgan fingerprint density at radius 1 is 1.17 bits per heavy atom. The molecule has 1 aromatic heterocycles. The van der Waals surface area contributed by atoms with E-state index in [-0.39, 0.29) is 11.3 Å². The van der Waals surface area contributed by atoms with Crippen molar-refractivity contribution in [1.82, 2.24) is 14.9 Å². The lowest BCUT2D eigenvalue weighted by atomic mass is 10.1. The number of hydrogen-bond donors (Lipinski definition) is 0. The monoisotopic (exact) mass is 347 g/mol. The highest BCUT2D eigenvalue weighted by molar-refractivity contribution is 6.31. The summed E-state index contributed by atoms with van der Waals surface area (Å²) in [4.78, 5) is 35.1. The van der Waals surface area contributed by atoms with E-state index in [2.05, 4.69) is 9.97 Å². The van der Waals surface area contributed by atoms with Crippen LogP contribution in [0.25, 0.3) is 0 Å². The summed E-state index contributed by atoms with van der Waals surface area (Å²) < 4.78 is 0. The summed E-state index contributed by atoms with van der Waals surface area (Å²) in [5.74, 6) is 0.219. The predicted molar refractivity (Wildman–Crippen MR) is 88.3 cm³/mol. The maximum Gasteiger partial charge on any atom is 0.282 e. The van der Waals surface area contributed by atoms with E-state index in [1.807, 2.05) is 4.90 Å². The number of nitro groups is 1. The van der Waals surface area contributed by atoms with Crippen molar-refractivity contribution in [1.29, 1.82) is 0 Å². The van der Waals surface area contributed by atoms with Gasteiger partial charge in [-0.05, 0) is 18.2 Å². The smallest absolute Gasteiger partial charge is 0.282 e. The van der Waals surface area contributed by atoms with Crippen molar-refractivity contribution in [3.8, 4) is 0 Å². The molecule has 1 amide bonds. The minimum Gasteiger partial charge on any atom is -0.337 e. The van der Waals surface area contributed by atoms with E-state index in [1.165, 1.54) is 18.2 Å². The fourth-order valence-corrected chi connectivity index (χ4v) is 2.75. The maximum atomic E-state index is 12.6. The van der Waals surface area contributed by atoms with Gasteiger partial charge in [0.15, 0.2) is 0 Å². The fraction of sp³-hybridized carbons (Fsp3) is 0.267. The second-order valence-corrected chi connectivity index (χ2v) is 5.68. The Kier molecular flexibility index (Phi) is 4.57. The summed E-state index contributed by atoms with van der Waals surface area (Å²) in [6, 6.07) is 5.74. The van der Waals surface area contributed by atoms with Gasteiger partial charge in [0.2, 0.25) is 5.95 Å². The van der Waals surface area contributed by atoms with Crippen molar-refractivity contribution in [2.45, 2.75) is 0 Å². The normalized spacial score (nSPS) is 14.5. The average Bonchev–Trinajstić information content (AvgIpc) is 2.61. The highest BCUT2D eigenvalue weighted by Crippen LogP contribution is 2.24. The number of carbonyl (C=O) groups excluding carboxylic acids is 1. The number of aromatic nitrogens is 2. The number of anilines is 1. The molecule has 0 radical (unpaired) electrons. The van der Waals surface area contributed by atoms with E-state index in [1.54, 1.807) is 23.4 Å². The van der Waals surface area contributed by atoms with Gasteiger partial charge in [0.1, 0.15) is 5.56 Å². The van der Waals surface area contributed by atoms with Gasteiger partial charge in [-0.25, -0.2) is 9.97 Å². The molecule has 9 heteroatoms. The summed E-state index contributed by atoms with van der Waals surface area (Å²) >= 11 is 5.89. The largest absolute Gasteiger partial charge is 0.337 e. The lowest BCUT2D eigenvalue weighted by Crippen LogP contribution is -2.49. The molecule has 1 aliphatic heterocycles. The SMILES string of the molecule is O=C(c1cc(Cl)ccc1[N+](=O)[O-])N1CCN(c2ncccn2)CC1. The lowest BCUT2D eigenvalue weighted by Gasteiger charge is -2.34. The van der Waals surface area contributed by atoms with Gasteiger partial charge in [0.25, 0.3) is 11.6 Å². The highest BCUT2D eigenvalue weighted by atomic mass is 35.5. The molecule has 8 nitrogen and oxygen atoms in total. The van der Waals surface area contributed by atoms with Crippen LogP contribution in [0.5, 0.6) is 0 Å². The number of benzene rings is 1. The topological polar surface area (TPSA) is 92.5 Å². The second-order valence-electron chi connectivity index (χ2n) is 5.25. The van der Waals surface area contributed by atoms with Gasteiger partial charge in [0.05, 0.1) is 4.92 Å². The predicted octanol–water partition coefficient (Wildman–Crippen LogP) is 2.00. The van der Waals surface area contributed by atoms with Crippen molar-refractivity contribution < 1.29 is 9.72 Å². The summed E-state index contributed by atoms with van der Waals surface area (Å²) in [6.07, 6.45) is 3.32. The molecule has 1 saturated heterocycles. The minimum atomic E-state index is -0.572. The van der Waals surface area contributed by atoms with Crippen LogP contribution >= 0.6 is 11.6 Å². The maximum absolute atomic E-state index is 12.6. The third-order valence-corrected chi connectivity index (χ3v) is 4.02. The second kappa shape index (κ2) is 6.79. The number of piperazine rings is 1. The Hall–Kier alpha value is -2.74. The van der Waals surface area contributed by atoms with Crippen LogP contribution < -0.4 is 4.90 Å². The van der Waals surface area contributed by atoms with Gasteiger partial charge in [0, 0.05) is 49.7 Å². The van der Waals surface area contributed by atoms with E-state index in [0.29, 0.717) is 37.1 Å². The van der Waals surface area contributed by atoms with Crippen LogP contribution in [0.3, 0.4) is 0 Å². The molecular formula is C15H14ClN5O3. The molecule has 1 aliphatic rings. The van der Waals surface area contributed by atoms with Crippen LogP contribution in [-0.2, 0) is 0 Å². The van der Waals surface area contributed by atoms with Gasteiger partial charge < -0.3 is 9.80 Å². The van der Waals surface area contributed by atoms with Gasteiger partial charge in [-0.2, -0.15) is 0 Å². The van der Waals surface area contributed by atoms with Crippen LogP contribution in [-0.4, -0.2) is 51.9 Å². The number of rotatable bonds is 3. The molecule has 0 saturated carbocycles. The van der Waals surface area contributed by atoms with Gasteiger partial charge >= 0.3 is 0 Å². The molecule has 24 heavy (non-hydrogen) atoms. The number of amides is 1. The van der Waals surface area contributed by atoms with Crippen LogP contribution in [0.4, 0.5) is 11.6 Å². The third kappa shape index (κ3) is 3.28. The molecule has 2 heterocycles. The Bertz CT molecular complexity index is 763. The molecule has 1 aromatic carbocycles. The molecule has 0 spiro atoms. The summed E-state index contributed by atoms with van der Waals surface area (Å²) in [5, 5.41) is 11.4. The average molecular weight is 348 g/mol. The van der Waals surface area contributed by atoms with E-state index in [9.17, 15) is 14.9 Å². The quantitative estimate of drug-likeness (QED) is 0.622. The first-order chi connectivity index (χ1) is 11.6. The zero-order chi connectivity index (χ0) is 17.1. The van der Waals surface area contributed by atoms with Gasteiger partial charge in [-0.1, -0.05) is 11.6 Å². The van der Waals surface area contributed by atoms with E-state index >= 15 is 0 Å². The summed E-state index contributed by atoms with van der Waals surface area (Å²) in [7, 11) is 0. The van der Waals surface area contributed by atoms with Crippen LogP contribution in [0, 0.1) is 10.1 Å². The van der Waals surface area contributed by atoms with Crippen molar-refractivity contribution in [3.05, 3.63) is 57.4 Å². The number of carbonyl (C=O) groups is 1. The van der Waals surface area contributed by atoms with Crippen molar-refractivity contribution in [2.75, 3.05) is 31.1 Å². The molecular weight excluding hydrogens is 334 g/mol. The number of hydrogen-bond acceptors (Lipinski definition) is 6. The zero-order valence-corrected chi connectivity index (χ0v) is 13.4. The standard InChI is InChI=1S/C15H14ClN5O3/c16-11-2-3-13(21(23)24)12(10-11)14(22)19-6-8-20(9-7-19)15-17-4-1-5-18-15/h1-5,10H,6-9H2. The molecule has 0 N–H and O–H groups in total. The molecule has 124 valence electrons. The number of nitro benzene ring substituents is 1. The first-order valence-corrected chi connectivity index (χ1v) is 7.69. The molecule has 0 atom stereocenters. The van der Waals surface area contributed by atoms with Crippen molar-refractivity contribution >= 4 is 29.1 Å². The van der Waals surface area contributed by atoms with Crippen LogP contribution in [0.1, 0.15) is 10.4 Å². The summed E-state index contributed by atoms with van der Waals surface area (Å²) in [5.41, 5.74) is -0.227. The van der Waals surface area contributed by atoms with E-state index < -0.39 is 10.8 Å². The van der Waals surface area contributed by atoms with Crippen molar-refractivity contribution in [3.63, 3.8) is 0 Å². The van der Waals surface area contributed by atoms with E-state index in [4.69, 9.17) is 11.6 Å². The number of nitrogens with zero attached hydrogens (tertiary/aromatic N) is 5. The summed E-state index contributed by atoms with van der Waals surface area (Å²) in [6.45, 7) is 1.98. The van der Waals surface area contributed by atoms with Crippen LogP contribution in [0.2, 0.25) is 5.02 Å².